The molecule has 0 atom stereocenters. The smallest absolute Gasteiger partial charge is 0.301 e. The van der Waals surface area contributed by atoms with Gasteiger partial charge in [0.2, 0.25) is 5.82 Å². The van der Waals surface area contributed by atoms with Crippen LogP contribution in [-0.4, -0.2) is 14.5 Å². The number of benzene rings is 1. The van der Waals surface area contributed by atoms with Crippen molar-refractivity contribution in [1.82, 2.24) is 14.5 Å². The fraction of sp³-hybridized carbons (Fsp3) is 0.143. The van der Waals surface area contributed by atoms with Crippen LogP contribution in [0.15, 0.2) is 47.1 Å². The number of imidazole rings is 1. The first kappa shape index (κ1) is 14.1. The minimum atomic E-state index is -4.52. The van der Waals surface area contributed by atoms with Gasteiger partial charge in [0.1, 0.15) is 5.52 Å². The second-order valence-electron chi connectivity index (χ2n) is 4.49. The Labute approximate surface area is 126 Å². The predicted molar refractivity (Wildman–Crippen MR) is 75.8 cm³/mol. The zero-order chi connectivity index (χ0) is 15.0. The third-order valence-electron chi connectivity index (χ3n) is 3.01. The zero-order valence-electron chi connectivity index (χ0n) is 10.6. The van der Waals surface area contributed by atoms with Gasteiger partial charge in [0.05, 0.1) is 6.54 Å². The molecular weight excluding hydrogens is 347 g/mol. The SMILES string of the molecule is FC(F)(F)c1nc2cccnc2n1Cc1ccc(Br)cc1. The van der Waals surface area contributed by atoms with E-state index in [1.807, 2.05) is 0 Å². The average molecular weight is 356 g/mol. The molecule has 1 aromatic carbocycles. The van der Waals surface area contributed by atoms with E-state index >= 15 is 0 Å². The number of fused-ring (bicyclic) bond motifs is 1. The lowest BCUT2D eigenvalue weighted by Crippen LogP contribution is -2.15. The molecule has 0 aliphatic carbocycles. The van der Waals surface area contributed by atoms with Crippen LogP contribution >= 0.6 is 15.9 Å². The molecule has 3 aromatic rings. The number of hydrogen-bond acceptors (Lipinski definition) is 2. The summed E-state index contributed by atoms with van der Waals surface area (Å²) in [7, 11) is 0. The number of hydrogen-bond donors (Lipinski definition) is 0. The molecule has 3 rings (SSSR count). The monoisotopic (exact) mass is 355 g/mol. The van der Waals surface area contributed by atoms with Gasteiger partial charge in [-0.2, -0.15) is 13.2 Å². The Bertz CT molecular complexity index is 778. The van der Waals surface area contributed by atoms with E-state index in [9.17, 15) is 13.2 Å². The minimum absolute atomic E-state index is 0.0651. The van der Waals surface area contributed by atoms with Crippen LogP contribution in [0.1, 0.15) is 11.4 Å². The zero-order valence-corrected chi connectivity index (χ0v) is 12.2. The molecule has 3 nitrogen and oxygen atoms in total. The molecule has 108 valence electrons. The van der Waals surface area contributed by atoms with Crippen molar-refractivity contribution in [2.45, 2.75) is 12.7 Å². The Hall–Kier alpha value is -1.89. The third-order valence-corrected chi connectivity index (χ3v) is 3.54. The lowest BCUT2D eigenvalue weighted by molar-refractivity contribution is -0.146. The van der Waals surface area contributed by atoms with Crippen molar-refractivity contribution in [3.8, 4) is 0 Å². The van der Waals surface area contributed by atoms with E-state index in [-0.39, 0.29) is 17.7 Å². The maximum absolute atomic E-state index is 13.1. The summed E-state index contributed by atoms with van der Waals surface area (Å²) in [5.74, 6) is -0.931. The number of rotatable bonds is 2. The van der Waals surface area contributed by atoms with E-state index in [2.05, 4.69) is 25.9 Å². The van der Waals surface area contributed by atoms with Crippen molar-refractivity contribution < 1.29 is 13.2 Å². The largest absolute Gasteiger partial charge is 0.449 e. The van der Waals surface area contributed by atoms with Gasteiger partial charge in [0, 0.05) is 10.7 Å². The Morgan fingerprint density at radius 1 is 1.10 bits per heavy atom. The van der Waals surface area contributed by atoms with Crippen LogP contribution < -0.4 is 0 Å². The summed E-state index contributed by atoms with van der Waals surface area (Å²) in [6, 6.07) is 10.2. The van der Waals surface area contributed by atoms with Crippen LogP contribution in [0, 0.1) is 0 Å². The van der Waals surface area contributed by atoms with Crippen LogP contribution in [0.4, 0.5) is 13.2 Å². The highest BCUT2D eigenvalue weighted by molar-refractivity contribution is 9.10. The van der Waals surface area contributed by atoms with Gasteiger partial charge in [-0.05, 0) is 29.8 Å². The normalized spacial score (nSPS) is 12.0. The molecule has 0 radical (unpaired) electrons. The second-order valence-corrected chi connectivity index (χ2v) is 5.41. The Balaban J connectivity index is 2.13. The Morgan fingerprint density at radius 2 is 1.81 bits per heavy atom. The molecule has 0 bridgehead atoms. The fourth-order valence-electron chi connectivity index (χ4n) is 2.10. The highest BCUT2D eigenvalue weighted by Crippen LogP contribution is 2.31. The minimum Gasteiger partial charge on any atom is -0.301 e. The first-order chi connectivity index (χ1) is 9.95. The van der Waals surface area contributed by atoms with Crippen LogP contribution in [0.25, 0.3) is 11.2 Å². The van der Waals surface area contributed by atoms with Crippen molar-refractivity contribution in [1.29, 1.82) is 0 Å². The standard InChI is InChI=1S/C14H9BrF3N3/c15-10-5-3-9(4-6-10)8-21-12-11(2-1-7-19-12)20-13(21)14(16,17)18/h1-7H,8H2. The maximum atomic E-state index is 13.1. The second kappa shape index (κ2) is 5.14. The van der Waals surface area contributed by atoms with E-state index in [0.29, 0.717) is 0 Å². The molecule has 0 aliphatic heterocycles. The topological polar surface area (TPSA) is 30.7 Å². The third kappa shape index (κ3) is 2.78. The summed E-state index contributed by atoms with van der Waals surface area (Å²) >= 11 is 3.30. The van der Waals surface area contributed by atoms with Gasteiger partial charge in [-0.15, -0.1) is 0 Å². The van der Waals surface area contributed by atoms with Gasteiger partial charge >= 0.3 is 6.18 Å². The Morgan fingerprint density at radius 3 is 2.48 bits per heavy atom. The fourth-order valence-corrected chi connectivity index (χ4v) is 2.36. The van der Waals surface area contributed by atoms with Crippen molar-refractivity contribution in [3.63, 3.8) is 0 Å². The quantitative estimate of drug-likeness (QED) is 0.687. The van der Waals surface area contributed by atoms with Gasteiger partial charge in [-0.3, -0.25) is 0 Å². The van der Waals surface area contributed by atoms with E-state index in [1.165, 1.54) is 12.3 Å². The van der Waals surface area contributed by atoms with Crippen molar-refractivity contribution in [2.75, 3.05) is 0 Å². The van der Waals surface area contributed by atoms with Gasteiger partial charge in [0.25, 0.3) is 0 Å². The van der Waals surface area contributed by atoms with E-state index < -0.39 is 12.0 Å². The average Bonchev–Trinajstić information content (AvgIpc) is 2.81. The van der Waals surface area contributed by atoms with Crippen molar-refractivity contribution in [3.05, 3.63) is 58.5 Å². The number of aromatic nitrogens is 3. The molecule has 21 heavy (non-hydrogen) atoms. The molecule has 0 amide bonds. The first-order valence-electron chi connectivity index (χ1n) is 6.08. The number of halogens is 4. The maximum Gasteiger partial charge on any atom is 0.449 e. The molecular formula is C14H9BrF3N3. The van der Waals surface area contributed by atoms with Gasteiger partial charge in [0.15, 0.2) is 5.65 Å². The molecule has 0 saturated carbocycles. The molecule has 0 spiro atoms. The van der Waals surface area contributed by atoms with Crippen LogP contribution in [0.3, 0.4) is 0 Å². The molecule has 2 aromatic heterocycles. The van der Waals surface area contributed by atoms with E-state index in [4.69, 9.17) is 0 Å². The van der Waals surface area contributed by atoms with Crippen molar-refractivity contribution in [2.24, 2.45) is 0 Å². The number of nitrogens with zero attached hydrogens (tertiary/aromatic N) is 3. The molecule has 0 aliphatic rings. The lowest BCUT2D eigenvalue weighted by atomic mass is 10.2. The molecule has 0 N–H and O–H groups in total. The summed E-state index contributed by atoms with van der Waals surface area (Å²) in [4.78, 5) is 7.68. The van der Waals surface area contributed by atoms with Crippen molar-refractivity contribution >= 4 is 27.1 Å². The molecule has 0 saturated heterocycles. The summed E-state index contributed by atoms with van der Waals surface area (Å²) in [5, 5.41) is 0. The van der Waals surface area contributed by atoms with Crippen LogP contribution in [0.5, 0.6) is 0 Å². The first-order valence-corrected chi connectivity index (χ1v) is 6.87. The molecule has 7 heteroatoms. The summed E-state index contributed by atoms with van der Waals surface area (Å²) in [6.07, 6.45) is -3.06. The highest BCUT2D eigenvalue weighted by Gasteiger charge is 2.37. The number of alkyl halides is 3. The van der Waals surface area contributed by atoms with Crippen LogP contribution in [-0.2, 0) is 12.7 Å². The highest BCUT2D eigenvalue weighted by atomic mass is 79.9. The lowest BCUT2D eigenvalue weighted by Gasteiger charge is -2.11. The Kier molecular flexibility index (Phi) is 3.44. The van der Waals surface area contributed by atoms with Crippen LogP contribution in [0.2, 0.25) is 0 Å². The van der Waals surface area contributed by atoms with Gasteiger partial charge in [-0.1, -0.05) is 28.1 Å². The summed E-state index contributed by atoms with van der Waals surface area (Å²) in [6.45, 7) is 0.0651. The van der Waals surface area contributed by atoms with Gasteiger partial charge < -0.3 is 4.57 Å². The van der Waals surface area contributed by atoms with E-state index in [1.54, 1.807) is 30.3 Å². The number of pyridine rings is 1. The summed E-state index contributed by atoms with van der Waals surface area (Å²) in [5.41, 5.74) is 1.21. The summed E-state index contributed by atoms with van der Waals surface area (Å²) < 4.78 is 41.4. The molecule has 2 heterocycles. The van der Waals surface area contributed by atoms with E-state index in [0.717, 1.165) is 14.6 Å². The molecule has 0 fully saturated rings. The molecule has 0 unspecified atom stereocenters. The van der Waals surface area contributed by atoms with Gasteiger partial charge in [-0.25, -0.2) is 9.97 Å². The predicted octanol–water partition coefficient (Wildman–Crippen LogP) is 4.26.